The Labute approximate surface area is 125 Å². The molecule has 0 fully saturated rings. The fourth-order valence-corrected chi connectivity index (χ4v) is 2.16. The van der Waals surface area contributed by atoms with Crippen molar-refractivity contribution in [1.82, 2.24) is 5.27 Å². The van der Waals surface area contributed by atoms with Gasteiger partial charge in [0.15, 0.2) is 0 Å². The van der Waals surface area contributed by atoms with Gasteiger partial charge >= 0.3 is 5.88 Å². The number of anilines is 1. The van der Waals surface area contributed by atoms with Crippen LogP contribution in [0.4, 0.5) is 5.88 Å². The minimum atomic E-state index is -0.160. The number of carbonyl (C=O) groups excluding carboxylic acids is 1. The normalized spacial score (nSPS) is 10.3. The van der Waals surface area contributed by atoms with Crippen LogP contribution in [0.3, 0.4) is 0 Å². The van der Waals surface area contributed by atoms with E-state index in [4.69, 9.17) is 16.1 Å². The van der Waals surface area contributed by atoms with Gasteiger partial charge in [-0.15, -0.1) is 11.8 Å². The Balaban J connectivity index is 1.84. The van der Waals surface area contributed by atoms with Gasteiger partial charge in [-0.3, -0.25) is 14.6 Å². The molecule has 0 saturated carbocycles. The molecule has 8 heteroatoms. The van der Waals surface area contributed by atoms with Gasteiger partial charge < -0.3 is 0 Å². The van der Waals surface area contributed by atoms with Crippen molar-refractivity contribution < 1.29 is 14.1 Å². The predicted octanol–water partition coefficient (Wildman–Crippen LogP) is 1.54. The topological polar surface area (TPSA) is 62.2 Å². The summed E-state index contributed by atoms with van der Waals surface area (Å²) in [5, 5.41) is 8.75. The number of rotatable bonds is 5. The molecule has 1 heterocycles. The van der Waals surface area contributed by atoms with Gasteiger partial charge in [-0.25, -0.2) is 0 Å². The van der Waals surface area contributed by atoms with Crippen LogP contribution in [0, 0.1) is 0 Å². The second kappa shape index (κ2) is 6.62. The van der Waals surface area contributed by atoms with Crippen LogP contribution in [0.25, 0.3) is 0 Å². The smallest absolute Gasteiger partial charge is 0.288 e. The quantitative estimate of drug-likeness (QED) is 0.670. The molecule has 0 aliphatic rings. The van der Waals surface area contributed by atoms with Crippen LogP contribution in [0.1, 0.15) is 0 Å². The van der Waals surface area contributed by atoms with Crippen molar-refractivity contribution in [2.45, 2.75) is 4.90 Å². The number of aromatic nitrogens is 2. The Morgan fingerprint density at radius 1 is 1.45 bits per heavy atom. The molecule has 1 amide bonds. The minimum Gasteiger partial charge on any atom is -0.288 e. The lowest BCUT2D eigenvalue weighted by atomic mass is 10.4. The summed E-state index contributed by atoms with van der Waals surface area (Å²) in [6.45, 7) is 0. The zero-order valence-corrected chi connectivity index (χ0v) is 12.6. The molecule has 6 nitrogen and oxygen atoms in total. The Kier molecular flexibility index (Phi) is 4.86. The van der Waals surface area contributed by atoms with E-state index in [2.05, 4.69) is 10.6 Å². The molecule has 0 unspecified atom stereocenters. The first kappa shape index (κ1) is 14.7. The summed E-state index contributed by atoms with van der Waals surface area (Å²) in [6, 6.07) is 7.32. The zero-order valence-electron chi connectivity index (χ0n) is 11.0. The standard InChI is InChI=1S/C12H13ClN4O2S/c1-16(2)17-7-12(19-15-17)14-11(18)8-20-10-5-3-9(13)4-6-10/h3-7H,8H2,1-2H3/p+1. The van der Waals surface area contributed by atoms with E-state index in [-0.39, 0.29) is 11.7 Å². The summed E-state index contributed by atoms with van der Waals surface area (Å²) in [6.07, 6.45) is 1.59. The van der Waals surface area contributed by atoms with Crippen molar-refractivity contribution in [2.24, 2.45) is 0 Å². The van der Waals surface area contributed by atoms with Crippen molar-refractivity contribution in [3.05, 3.63) is 35.5 Å². The summed E-state index contributed by atoms with van der Waals surface area (Å²) >= 11 is 7.21. The summed E-state index contributed by atoms with van der Waals surface area (Å²) < 4.78 is 4.98. The van der Waals surface area contributed by atoms with Crippen LogP contribution >= 0.6 is 23.4 Å². The van der Waals surface area contributed by atoms with E-state index in [0.717, 1.165) is 4.90 Å². The highest BCUT2D eigenvalue weighted by Gasteiger charge is 2.15. The lowest BCUT2D eigenvalue weighted by Crippen LogP contribution is -2.53. The Morgan fingerprint density at radius 3 is 2.75 bits per heavy atom. The van der Waals surface area contributed by atoms with E-state index in [0.29, 0.717) is 10.9 Å². The lowest BCUT2D eigenvalue weighted by Gasteiger charge is -2.01. The van der Waals surface area contributed by atoms with Crippen LogP contribution in [-0.2, 0) is 4.79 Å². The molecule has 2 rings (SSSR count). The van der Waals surface area contributed by atoms with E-state index in [1.807, 2.05) is 26.2 Å². The molecular weight excluding hydrogens is 300 g/mol. The van der Waals surface area contributed by atoms with Gasteiger partial charge in [0, 0.05) is 9.92 Å². The SMILES string of the molecule is CN(C)[n+]1cc(NC(=O)CSc2ccc(Cl)cc2)on1. The second-order valence-electron chi connectivity index (χ2n) is 4.12. The molecule has 0 spiro atoms. The molecule has 0 aliphatic carbocycles. The molecule has 2 aromatic rings. The molecule has 1 N–H and O–H groups in total. The van der Waals surface area contributed by atoms with Crippen LogP contribution in [0.5, 0.6) is 0 Å². The summed E-state index contributed by atoms with van der Waals surface area (Å²) in [7, 11) is 3.62. The molecular formula is C12H14ClN4O2S+. The summed E-state index contributed by atoms with van der Waals surface area (Å²) in [4.78, 5) is 14.2. The van der Waals surface area contributed by atoms with E-state index >= 15 is 0 Å². The van der Waals surface area contributed by atoms with Crippen molar-refractivity contribution in [3.63, 3.8) is 0 Å². The van der Waals surface area contributed by atoms with E-state index in [1.165, 1.54) is 16.6 Å². The fraction of sp³-hybridized carbons (Fsp3) is 0.250. The van der Waals surface area contributed by atoms with Crippen LogP contribution in [-0.4, -0.2) is 31.0 Å². The molecule has 0 aliphatic heterocycles. The first-order chi connectivity index (χ1) is 9.54. The number of hydrogen-bond acceptors (Lipinski definition) is 5. The van der Waals surface area contributed by atoms with Gasteiger partial charge in [0.05, 0.1) is 24.6 Å². The van der Waals surface area contributed by atoms with Crippen LogP contribution in [0.15, 0.2) is 39.9 Å². The maximum Gasteiger partial charge on any atom is 0.305 e. The molecule has 0 atom stereocenters. The zero-order chi connectivity index (χ0) is 14.5. The van der Waals surface area contributed by atoms with Gasteiger partial charge in [-0.05, 0) is 24.3 Å². The second-order valence-corrected chi connectivity index (χ2v) is 5.61. The first-order valence-corrected chi connectivity index (χ1v) is 7.15. The van der Waals surface area contributed by atoms with Crippen molar-refractivity contribution >= 4 is 35.2 Å². The highest BCUT2D eigenvalue weighted by molar-refractivity contribution is 8.00. The van der Waals surface area contributed by atoms with Gasteiger partial charge in [-0.2, -0.15) is 5.01 Å². The van der Waals surface area contributed by atoms with Crippen molar-refractivity contribution in [2.75, 3.05) is 30.2 Å². The maximum absolute atomic E-state index is 11.8. The van der Waals surface area contributed by atoms with E-state index in [1.54, 1.807) is 23.3 Å². The molecule has 1 aromatic heterocycles. The van der Waals surface area contributed by atoms with Gasteiger partial charge in [0.1, 0.15) is 0 Å². The van der Waals surface area contributed by atoms with Crippen molar-refractivity contribution in [1.29, 1.82) is 0 Å². The van der Waals surface area contributed by atoms with Gasteiger partial charge in [0.2, 0.25) is 11.2 Å². The lowest BCUT2D eigenvalue weighted by molar-refractivity contribution is -0.753. The van der Waals surface area contributed by atoms with Crippen molar-refractivity contribution in [3.8, 4) is 0 Å². The van der Waals surface area contributed by atoms with Gasteiger partial charge in [-0.1, -0.05) is 11.6 Å². The van der Waals surface area contributed by atoms with Gasteiger partial charge in [0.25, 0.3) is 6.20 Å². The largest absolute Gasteiger partial charge is 0.305 e. The average Bonchev–Trinajstić information content (AvgIpc) is 2.87. The fourth-order valence-electron chi connectivity index (χ4n) is 1.33. The Morgan fingerprint density at radius 2 is 2.15 bits per heavy atom. The monoisotopic (exact) mass is 313 g/mol. The predicted molar refractivity (Wildman–Crippen MR) is 77.6 cm³/mol. The minimum absolute atomic E-state index is 0.160. The summed E-state index contributed by atoms with van der Waals surface area (Å²) in [5.74, 6) is 0.428. The number of carbonyl (C=O) groups is 1. The molecule has 1 aromatic carbocycles. The third kappa shape index (κ3) is 4.14. The average molecular weight is 314 g/mol. The number of hydrogen-bond donors (Lipinski definition) is 1. The number of halogens is 1. The first-order valence-electron chi connectivity index (χ1n) is 5.79. The number of nitrogens with zero attached hydrogens (tertiary/aromatic N) is 3. The number of thioether (sulfide) groups is 1. The Bertz CT molecular complexity index is 585. The third-order valence-electron chi connectivity index (χ3n) is 2.31. The number of nitrogens with one attached hydrogen (secondary N) is 1. The van der Waals surface area contributed by atoms with Crippen LogP contribution in [0.2, 0.25) is 5.02 Å². The highest BCUT2D eigenvalue weighted by Crippen LogP contribution is 2.20. The summed E-state index contributed by atoms with van der Waals surface area (Å²) in [5.41, 5.74) is 0. The molecule has 0 bridgehead atoms. The highest BCUT2D eigenvalue weighted by atomic mass is 35.5. The number of benzene rings is 1. The van der Waals surface area contributed by atoms with E-state index in [9.17, 15) is 4.79 Å². The number of amides is 1. The van der Waals surface area contributed by atoms with E-state index < -0.39 is 0 Å². The molecule has 0 radical (unpaired) electrons. The molecule has 20 heavy (non-hydrogen) atoms. The van der Waals surface area contributed by atoms with Crippen LogP contribution < -0.4 is 15.1 Å². The Hall–Kier alpha value is -1.73. The molecule has 0 saturated heterocycles. The maximum atomic E-state index is 11.8. The third-order valence-corrected chi connectivity index (χ3v) is 3.58. The molecule has 106 valence electrons.